The minimum Gasteiger partial charge on any atom is -0.504 e. The maximum absolute atomic E-state index is 9.41. The number of aromatic nitrogens is 2. The lowest BCUT2D eigenvalue weighted by Crippen LogP contribution is -1.95. The van der Waals surface area contributed by atoms with E-state index in [2.05, 4.69) is 12.0 Å². The summed E-state index contributed by atoms with van der Waals surface area (Å²) in [5.74, 6) is 0.338. The standard InChI is InChI=1S/C9H16N2O/c1-3-5-6-8-9(12)7-11(4-2)10-8/h7,12H,3-6H2,1-2H3. The fourth-order valence-corrected chi connectivity index (χ4v) is 1.14. The predicted molar refractivity (Wildman–Crippen MR) is 48.2 cm³/mol. The van der Waals surface area contributed by atoms with Gasteiger partial charge in [-0.25, -0.2) is 0 Å². The van der Waals surface area contributed by atoms with E-state index in [9.17, 15) is 5.11 Å². The maximum atomic E-state index is 9.41. The molecular weight excluding hydrogens is 152 g/mol. The lowest BCUT2D eigenvalue weighted by atomic mass is 10.2. The quantitative estimate of drug-likeness (QED) is 0.746. The summed E-state index contributed by atoms with van der Waals surface area (Å²) >= 11 is 0. The Hall–Kier alpha value is -0.990. The Morgan fingerprint density at radius 1 is 1.50 bits per heavy atom. The third-order valence-electron chi connectivity index (χ3n) is 1.91. The lowest BCUT2D eigenvalue weighted by molar-refractivity contribution is 0.466. The van der Waals surface area contributed by atoms with Crippen LogP contribution in [0.3, 0.4) is 0 Å². The monoisotopic (exact) mass is 168 g/mol. The molecular formula is C9H16N2O. The van der Waals surface area contributed by atoms with Gasteiger partial charge < -0.3 is 5.11 Å². The summed E-state index contributed by atoms with van der Waals surface area (Å²) < 4.78 is 1.76. The molecule has 1 aromatic heterocycles. The summed E-state index contributed by atoms with van der Waals surface area (Å²) in [4.78, 5) is 0. The van der Waals surface area contributed by atoms with Crippen LogP contribution >= 0.6 is 0 Å². The third kappa shape index (κ3) is 2.00. The van der Waals surface area contributed by atoms with Crippen molar-refractivity contribution in [2.45, 2.75) is 39.7 Å². The van der Waals surface area contributed by atoms with Crippen LogP contribution in [0.5, 0.6) is 5.75 Å². The molecule has 0 saturated carbocycles. The van der Waals surface area contributed by atoms with Crippen LogP contribution in [0.4, 0.5) is 0 Å². The molecule has 0 bridgehead atoms. The zero-order valence-corrected chi connectivity index (χ0v) is 7.75. The first kappa shape index (κ1) is 9.10. The number of aromatic hydroxyl groups is 1. The van der Waals surface area contributed by atoms with Gasteiger partial charge in [0.05, 0.1) is 6.20 Å². The summed E-state index contributed by atoms with van der Waals surface area (Å²) in [7, 11) is 0. The van der Waals surface area contributed by atoms with E-state index in [1.165, 1.54) is 0 Å². The van der Waals surface area contributed by atoms with Gasteiger partial charge in [-0.1, -0.05) is 13.3 Å². The van der Waals surface area contributed by atoms with Crippen LogP contribution in [0, 0.1) is 0 Å². The second-order valence-corrected chi connectivity index (χ2v) is 2.92. The smallest absolute Gasteiger partial charge is 0.156 e. The Labute approximate surface area is 73.0 Å². The fraction of sp³-hybridized carbons (Fsp3) is 0.667. The number of nitrogens with zero attached hydrogens (tertiary/aromatic N) is 2. The van der Waals surface area contributed by atoms with Crippen molar-refractivity contribution in [3.05, 3.63) is 11.9 Å². The summed E-state index contributed by atoms with van der Waals surface area (Å²) in [5.41, 5.74) is 0.832. The molecule has 0 aliphatic carbocycles. The van der Waals surface area contributed by atoms with E-state index >= 15 is 0 Å². The molecule has 0 spiro atoms. The molecule has 0 aliphatic rings. The van der Waals surface area contributed by atoms with Gasteiger partial charge in [0.15, 0.2) is 5.75 Å². The van der Waals surface area contributed by atoms with Gasteiger partial charge in [0.1, 0.15) is 5.69 Å². The number of rotatable bonds is 4. The molecule has 68 valence electrons. The minimum atomic E-state index is 0.338. The van der Waals surface area contributed by atoms with E-state index in [1.807, 2.05) is 6.92 Å². The average Bonchev–Trinajstić information content (AvgIpc) is 2.43. The van der Waals surface area contributed by atoms with Gasteiger partial charge in [0.25, 0.3) is 0 Å². The molecule has 1 rings (SSSR count). The van der Waals surface area contributed by atoms with Gasteiger partial charge in [-0.15, -0.1) is 0 Å². The number of hydrogen-bond donors (Lipinski definition) is 1. The van der Waals surface area contributed by atoms with Crippen molar-refractivity contribution >= 4 is 0 Å². The molecule has 1 heterocycles. The van der Waals surface area contributed by atoms with E-state index in [1.54, 1.807) is 10.9 Å². The topological polar surface area (TPSA) is 38.0 Å². The van der Waals surface area contributed by atoms with Crippen LogP contribution in [0.25, 0.3) is 0 Å². The van der Waals surface area contributed by atoms with Gasteiger partial charge in [-0.3, -0.25) is 4.68 Å². The summed E-state index contributed by atoms with van der Waals surface area (Å²) in [6, 6.07) is 0. The summed E-state index contributed by atoms with van der Waals surface area (Å²) in [5, 5.41) is 13.6. The van der Waals surface area contributed by atoms with Crippen LogP contribution in [0.15, 0.2) is 6.20 Å². The molecule has 0 aliphatic heterocycles. The highest BCUT2D eigenvalue weighted by atomic mass is 16.3. The van der Waals surface area contributed by atoms with Crippen LogP contribution in [-0.2, 0) is 13.0 Å². The van der Waals surface area contributed by atoms with Crippen molar-refractivity contribution in [1.29, 1.82) is 0 Å². The highest BCUT2D eigenvalue weighted by molar-refractivity contribution is 5.22. The maximum Gasteiger partial charge on any atom is 0.156 e. The fourth-order valence-electron chi connectivity index (χ4n) is 1.14. The largest absolute Gasteiger partial charge is 0.504 e. The minimum absolute atomic E-state index is 0.338. The van der Waals surface area contributed by atoms with Gasteiger partial charge in [-0.05, 0) is 19.8 Å². The molecule has 1 N–H and O–H groups in total. The first-order chi connectivity index (χ1) is 5.77. The van der Waals surface area contributed by atoms with E-state index in [-0.39, 0.29) is 0 Å². The number of aryl methyl sites for hydroxylation is 2. The molecule has 3 heteroatoms. The molecule has 1 aromatic rings. The molecule has 0 saturated heterocycles. The SMILES string of the molecule is CCCCc1nn(CC)cc1O. The molecule has 0 atom stereocenters. The second kappa shape index (κ2) is 4.14. The van der Waals surface area contributed by atoms with Gasteiger partial charge in [-0.2, -0.15) is 5.10 Å². The van der Waals surface area contributed by atoms with Crippen molar-refractivity contribution in [1.82, 2.24) is 9.78 Å². The third-order valence-corrected chi connectivity index (χ3v) is 1.91. The zero-order chi connectivity index (χ0) is 8.97. The van der Waals surface area contributed by atoms with Gasteiger partial charge in [0.2, 0.25) is 0 Å². The second-order valence-electron chi connectivity index (χ2n) is 2.92. The van der Waals surface area contributed by atoms with E-state index in [0.717, 1.165) is 31.5 Å². The van der Waals surface area contributed by atoms with E-state index in [0.29, 0.717) is 5.75 Å². The van der Waals surface area contributed by atoms with Crippen molar-refractivity contribution < 1.29 is 5.11 Å². The average molecular weight is 168 g/mol. The Bertz CT molecular complexity index is 243. The lowest BCUT2D eigenvalue weighted by Gasteiger charge is -1.94. The van der Waals surface area contributed by atoms with Gasteiger partial charge in [0, 0.05) is 6.54 Å². The Morgan fingerprint density at radius 3 is 2.75 bits per heavy atom. The molecule has 0 unspecified atom stereocenters. The van der Waals surface area contributed by atoms with Crippen molar-refractivity contribution in [3.8, 4) is 5.75 Å². The van der Waals surface area contributed by atoms with E-state index in [4.69, 9.17) is 0 Å². The summed E-state index contributed by atoms with van der Waals surface area (Å²) in [6.07, 6.45) is 4.80. The molecule has 0 amide bonds. The van der Waals surface area contributed by atoms with Gasteiger partial charge >= 0.3 is 0 Å². The van der Waals surface area contributed by atoms with Crippen LogP contribution < -0.4 is 0 Å². The molecule has 0 aromatic carbocycles. The number of unbranched alkanes of at least 4 members (excludes halogenated alkanes) is 1. The molecule has 0 fully saturated rings. The normalized spacial score (nSPS) is 10.5. The van der Waals surface area contributed by atoms with Crippen LogP contribution in [0.1, 0.15) is 32.4 Å². The van der Waals surface area contributed by atoms with Crippen molar-refractivity contribution in [3.63, 3.8) is 0 Å². The first-order valence-electron chi connectivity index (χ1n) is 4.53. The Morgan fingerprint density at radius 2 is 2.25 bits per heavy atom. The highest BCUT2D eigenvalue weighted by Crippen LogP contribution is 2.16. The predicted octanol–water partition coefficient (Wildman–Crippen LogP) is 1.95. The Balaban J connectivity index is 2.64. The Kier molecular flexibility index (Phi) is 3.14. The molecule has 3 nitrogen and oxygen atoms in total. The van der Waals surface area contributed by atoms with E-state index < -0.39 is 0 Å². The summed E-state index contributed by atoms with van der Waals surface area (Å²) in [6.45, 7) is 4.96. The van der Waals surface area contributed by atoms with Crippen LogP contribution in [-0.4, -0.2) is 14.9 Å². The highest BCUT2D eigenvalue weighted by Gasteiger charge is 2.05. The van der Waals surface area contributed by atoms with Crippen molar-refractivity contribution in [2.75, 3.05) is 0 Å². The molecule has 0 radical (unpaired) electrons. The molecule has 12 heavy (non-hydrogen) atoms. The first-order valence-corrected chi connectivity index (χ1v) is 4.53. The van der Waals surface area contributed by atoms with Crippen molar-refractivity contribution in [2.24, 2.45) is 0 Å². The van der Waals surface area contributed by atoms with Crippen LogP contribution in [0.2, 0.25) is 0 Å². The number of hydrogen-bond acceptors (Lipinski definition) is 2. The zero-order valence-electron chi connectivity index (χ0n) is 7.75.